The van der Waals surface area contributed by atoms with Crippen LogP contribution in [0.5, 0.6) is 0 Å². The molecule has 0 spiro atoms. The van der Waals surface area contributed by atoms with Crippen LogP contribution in [-0.4, -0.2) is 22.3 Å². The van der Waals surface area contributed by atoms with E-state index in [-0.39, 0.29) is 40.6 Å². The number of pyridine rings is 1. The van der Waals surface area contributed by atoms with Crippen molar-refractivity contribution in [2.75, 3.05) is 0 Å². The Bertz CT molecular complexity index is 431. The van der Waals surface area contributed by atoms with Crippen LogP contribution in [-0.2, 0) is 0 Å². The number of aromatic nitrogens is 1. The van der Waals surface area contributed by atoms with Gasteiger partial charge in [-0.3, -0.25) is 19.4 Å². The first kappa shape index (κ1) is 12.2. The van der Waals surface area contributed by atoms with Crippen molar-refractivity contribution < 1.29 is 14.4 Å². The Labute approximate surface area is 93.7 Å². The second kappa shape index (κ2) is 4.79. The molecule has 16 heavy (non-hydrogen) atoms. The molecular weight excluding hydrogens is 206 g/mol. The Hall–Kier alpha value is -1.84. The van der Waals surface area contributed by atoms with E-state index in [9.17, 15) is 14.4 Å². The maximum absolute atomic E-state index is 11.7. The van der Waals surface area contributed by atoms with Crippen LogP contribution in [0.1, 0.15) is 58.4 Å². The number of carbonyl (C=O) groups is 3. The molecule has 0 aliphatic heterocycles. The van der Waals surface area contributed by atoms with E-state index in [4.69, 9.17) is 0 Å². The quantitative estimate of drug-likeness (QED) is 0.727. The third kappa shape index (κ3) is 2.21. The predicted molar refractivity (Wildman–Crippen MR) is 58.9 cm³/mol. The number of ketones is 3. The third-order valence-corrected chi connectivity index (χ3v) is 2.26. The molecule has 84 valence electrons. The maximum Gasteiger partial charge on any atom is 0.178 e. The molecule has 4 heteroatoms. The van der Waals surface area contributed by atoms with Crippen LogP contribution in [0.2, 0.25) is 0 Å². The van der Waals surface area contributed by atoms with Crippen molar-refractivity contribution in [2.45, 2.75) is 27.2 Å². The van der Waals surface area contributed by atoms with Gasteiger partial charge in [-0.1, -0.05) is 6.92 Å². The molecule has 1 rings (SSSR count). The van der Waals surface area contributed by atoms with Crippen molar-refractivity contribution >= 4 is 17.3 Å². The van der Waals surface area contributed by atoms with E-state index < -0.39 is 0 Å². The Morgan fingerprint density at radius 2 is 1.81 bits per heavy atom. The topological polar surface area (TPSA) is 64.1 Å². The zero-order valence-electron chi connectivity index (χ0n) is 9.53. The molecular formula is C12H13NO3. The summed E-state index contributed by atoms with van der Waals surface area (Å²) in [4.78, 5) is 38.3. The third-order valence-electron chi connectivity index (χ3n) is 2.26. The minimum Gasteiger partial charge on any atom is -0.294 e. The highest BCUT2D eigenvalue weighted by atomic mass is 16.1. The van der Waals surface area contributed by atoms with Crippen LogP contribution in [0, 0.1) is 0 Å². The lowest BCUT2D eigenvalue weighted by atomic mass is 9.97. The second-order valence-corrected chi connectivity index (χ2v) is 3.47. The van der Waals surface area contributed by atoms with E-state index in [1.165, 1.54) is 26.1 Å². The highest BCUT2D eigenvalue weighted by molar-refractivity contribution is 6.13. The van der Waals surface area contributed by atoms with Gasteiger partial charge in [0.15, 0.2) is 17.3 Å². The average molecular weight is 219 g/mol. The van der Waals surface area contributed by atoms with Gasteiger partial charge >= 0.3 is 0 Å². The molecule has 0 saturated heterocycles. The van der Waals surface area contributed by atoms with Crippen molar-refractivity contribution in [1.82, 2.24) is 4.98 Å². The molecule has 0 N–H and O–H groups in total. The molecule has 0 fully saturated rings. The minimum atomic E-state index is -0.306. The second-order valence-electron chi connectivity index (χ2n) is 3.47. The van der Waals surface area contributed by atoms with E-state index in [2.05, 4.69) is 4.98 Å². The van der Waals surface area contributed by atoms with Crippen LogP contribution >= 0.6 is 0 Å². The molecule has 0 saturated carbocycles. The molecule has 0 bridgehead atoms. The Morgan fingerprint density at radius 1 is 1.19 bits per heavy atom. The first-order valence-electron chi connectivity index (χ1n) is 5.03. The van der Waals surface area contributed by atoms with Gasteiger partial charge in [-0.05, 0) is 13.0 Å². The highest BCUT2D eigenvalue weighted by Gasteiger charge is 2.20. The molecule has 0 aliphatic rings. The van der Waals surface area contributed by atoms with E-state index in [0.717, 1.165) is 0 Å². The lowest BCUT2D eigenvalue weighted by molar-refractivity contribution is 0.0951. The number of carbonyl (C=O) groups excluding carboxylic acids is 3. The Kier molecular flexibility index (Phi) is 3.66. The molecule has 0 radical (unpaired) electrons. The molecule has 0 unspecified atom stereocenters. The van der Waals surface area contributed by atoms with E-state index in [1.54, 1.807) is 6.92 Å². The van der Waals surface area contributed by atoms with Crippen molar-refractivity contribution in [3.63, 3.8) is 0 Å². The highest BCUT2D eigenvalue weighted by Crippen LogP contribution is 2.16. The first-order valence-corrected chi connectivity index (χ1v) is 5.03. The Morgan fingerprint density at radius 3 is 2.25 bits per heavy atom. The number of Topliss-reactive ketones (excluding diaryl/α,β-unsaturated/α-hetero) is 3. The SMILES string of the molecule is CCC(=O)c1c(C(C)=O)ccnc1C(C)=O. The molecule has 1 aromatic rings. The molecule has 1 heterocycles. The smallest absolute Gasteiger partial charge is 0.178 e. The number of rotatable bonds is 4. The van der Waals surface area contributed by atoms with Crippen LogP contribution in [0.4, 0.5) is 0 Å². The summed E-state index contributed by atoms with van der Waals surface area (Å²) >= 11 is 0. The summed E-state index contributed by atoms with van der Waals surface area (Å²) in [7, 11) is 0. The number of nitrogens with zero attached hydrogens (tertiary/aromatic N) is 1. The van der Waals surface area contributed by atoms with Crippen LogP contribution in [0.3, 0.4) is 0 Å². The van der Waals surface area contributed by atoms with Crippen molar-refractivity contribution in [2.24, 2.45) is 0 Å². The van der Waals surface area contributed by atoms with Crippen LogP contribution in [0.15, 0.2) is 12.3 Å². The molecule has 0 amide bonds. The molecule has 4 nitrogen and oxygen atoms in total. The van der Waals surface area contributed by atoms with Gasteiger partial charge in [-0.15, -0.1) is 0 Å². The summed E-state index contributed by atoms with van der Waals surface area (Å²) in [5.74, 6) is -0.773. The summed E-state index contributed by atoms with van der Waals surface area (Å²) in [5, 5.41) is 0. The van der Waals surface area contributed by atoms with Crippen LogP contribution in [0.25, 0.3) is 0 Å². The first-order chi connectivity index (χ1) is 7.49. The summed E-state index contributed by atoms with van der Waals surface area (Å²) in [5.41, 5.74) is 0.511. The lowest BCUT2D eigenvalue weighted by Crippen LogP contribution is -2.14. The molecule has 1 aromatic heterocycles. The molecule has 0 aromatic carbocycles. The van der Waals surface area contributed by atoms with Gasteiger partial charge in [-0.25, -0.2) is 0 Å². The van der Waals surface area contributed by atoms with Crippen molar-refractivity contribution in [1.29, 1.82) is 0 Å². The van der Waals surface area contributed by atoms with Gasteiger partial charge in [0.05, 0.1) is 5.56 Å². The van der Waals surface area contributed by atoms with Gasteiger partial charge in [-0.2, -0.15) is 0 Å². The summed E-state index contributed by atoms with van der Waals surface area (Å²) in [6.07, 6.45) is 1.62. The van der Waals surface area contributed by atoms with E-state index >= 15 is 0 Å². The standard InChI is InChI=1S/C12H13NO3/c1-4-10(16)11-9(7(2)14)5-6-13-12(11)8(3)15/h5-6H,4H2,1-3H3. The van der Waals surface area contributed by atoms with Crippen molar-refractivity contribution in [3.8, 4) is 0 Å². The fourth-order valence-electron chi connectivity index (χ4n) is 1.48. The van der Waals surface area contributed by atoms with Gasteiger partial charge < -0.3 is 0 Å². The summed E-state index contributed by atoms with van der Waals surface area (Å²) in [6, 6.07) is 1.47. The maximum atomic E-state index is 11.7. The minimum absolute atomic E-state index is 0.0829. The number of hydrogen-bond donors (Lipinski definition) is 0. The number of hydrogen-bond acceptors (Lipinski definition) is 4. The lowest BCUT2D eigenvalue weighted by Gasteiger charge is -2.08. The largest absolute Gasteiger partial charge is 0.294 e. The van der Waals surface area contributed by atoms with Gasteiger partial charge in [0.2, 0.25) is 0 Å². The zero-order chi connectivity index (χ0) is 12.3. The van der Waals surface area contributed by atoms with Crippen molar-refractivity contribution in [3.05, 3.63) is 29.1 Å². The van der Waals surface area contributed by atoms with E-state index in [1.807, 2.05) is 0 Å². The normalized spacial score (nSPS) is 9.94. The predicted octanol–water partition coefficient (Wildman–Crippen LogP) is 2.08. The van der Waals surface area contributed by atoms with E-state index in [0.29, 0.717) is 0 Å². The van der Waals surface area contributed by atoms with Gasteiger partial charge in [0, 0.05) is 25.1 Å². The van der Waals surface area contributed by atoms with Gasteiger partial charge in [0.25, 0.3) is 0 Å². The average Bonchev–Trinajstić information content (AvgIpc) is 2.26. The van der Waals surface area contributed by atoms with Crippen LogP contribution < -0.4 is 0 Å². The summed E-state index contributed by atoms with van der Waals surface area (Å²) in [6.45, 7) is 4.38. The zero-order valence-corrected chi connectivity index (χ0v) is 9.53. The monoisotopic (exact) mass is 219 g/mol. The molecule has 0 aliphatic carbocycles. The summed E-state index contributed by atoms with van der Waals surface area (Å²) < 4.78 is 0. The Balaban J connectivity index is 3.53. The molecule has 0 atom stereocenters. The fraction of sp³-hybridized carbons (Fsp3) is 0.333. The fourth-order valence-corrected chi connectivity index (χ4v) is 1.48. The van der Waals surface area contributed by atoms with Gasteiger partial charge in [0.1, 0.15) is 5.69 Å².